The van der Waals surface area contributed by atoms with Crippen LogP contribution in [0.25, 0.3) is 0 Å². The molecule has 5 nitrogen and oxygen atoms in total. The van der Waals surface area contributed by atoms with Crippen molar-refractivity contribution >= 4 is 5.96 Å². The second-order valence-electron chi connectivity index (χ2n) is 7.29. The number of nitrogens with two attached hydrogens (primary N) is 1. The minimum Gasteiger partial charge on any atom is -0.496 e. The van der Waals surface area contributed by atoms with Crippen molar-refractivity contribution in [2.24, 2.45) is 10.7 Å². The van der Waals surface area contributed by atoms with Crippen LogP contribution in [-0.2, 0) is 10.2 Å². The number of rotatable bonds is 9. The fourth-order valence-electron chi connectivity index (χ4n) is 3.57. The lowest BCUT2D eigenvalue weighted by Gasteiger charge is -2.37. The molecular weight excluding hydrogens is 326 g/mol. The van der Waals surface area contributed by atoms with Crippen LogP contribution in [0.4, 0.5) is 0 Å². The molecule has 5 heteroatoms. The molecule has 0 saturated carbocycles. The van der Waals surface area contributed by atoms with Crippen LogP contribution in [0.3, 0.4) is 0 Å². The van der Waals surface area contributed by atoms with E-state index in [1.165, 1.54) is 30.4 Å². The van der Waals surface area contributed by atoms with E-state index in [1.54, 1.807) is 7.11 Å². The first kappa shape index (κ1) is 20.6. The molecule has 1 aliphatic heterocycles. The maximum atomic E-state index is 6.12. The first-order valence-corrected chi connectivity index (χ1v) is 9.88. The predicted molar refractivity (Wildman–Crippen MR) is 108 cm³/mol. The van der Waals surface area contributed by atoms with Crippen LogP contribution in [0.2, 0.25) is 0 Å². The quantitative estimate of drug-likeness (QED) is 0.401. The van der Waals surface area contributed by atoms with Gasteiger partial charge in [-0.2, -0.15) is 0 Å². The molecule has 1 aliphatic rings. The van der Waals surface area contributed by atoms with E-state index in [1.807, 2.05) is 0 Å². The molecule has 0 aliphatic carbocycles. The highest BCUT2D eigenvalue weighted by molar-refractivity contribution is 5.77. The maximum Gasteiger partial charge on any atom is 0.188 e. The minimum atomic E-state index is -0.0792. The van der Waals surface area contributed by atoms with Crippen molar-refractivity contribution in [1.82, 2.24) is 5.32 Å². The topological polar surface area (TPSA) is 68.9 Å². The number of benzene rings is 1. The molecule has 1 saturated heterocycles. The van der Waals surface area contributed by atoms with Gasteiger partial charge < -0.3 is 20.5 Å². The third-order valence-electron chi connectivity index (χ3n) is 5.26. The Balaban J connectivity index is 2.10. The summed E-state index contributed by atoms with van der Waals surface area (Å²) in [5.74, 6) is 1.47. The fourth-order valence-corrected chi connectivity index (χ4v) is 3.57. The van der Waals surface area contributed by atoms with Crippen LogP contribution in [-0.4, -0.2) is 39.4 Å². The first-order valence-electron chi connectivity index (χ1n) is 9.88. The average Bonchev–Trinajstić information content (AvgIpc) is 2.67. The minimum absolute atomic E-state index is 0.0792. The summed E-state index contributed by atoms with van der Waals surface area (Å²) in [6.45, 7) is 7.37. The van der Waals surface area contributed by atoms with Gasteiger partial charge in [0, 0.05) is 30.7 Å². The Morgan fingerprint density at radius 2 is 2.04 bits per heavy atom. The monoisotopic (exact) mass is 361 g/mol. The van der Waals surface area contributed by atoms with Crippen molar-refractivity contribution in [2.75, 3.05) is 33.4 Å². The predicted octanol–water partition coefficient (Wildman–Crippen LogP) is 3.54. The Morgan fingerprint density at radius 3 is 2.73 bits per heavy atom. The van der Waals surface area contributed by atoms with E-state index in [-0.39, 0.29) is 5.41 Å². The number of ether oxygens (including phenoxy) is 2. The zero-order valence-electron chi connectivity index (χ0n) is 16.6. The standard InChI is InChI=1S/C21H35N3O2/c1-4-5-6-7-12-23-20(22)24-16-21(10-13-26-14-11-21)18-15-17(2)8-9-19(18)25-3/h8-9,15H,4-7,10-14,16H2,1-3H3,(H3,22,23,24). The lowest BCUT2D eigenvalue weighted by Crippen LogP contribution is -2.39. The number of guanidine groups is 1. The molecule has 0 spiro atoms. The average molecular weight is 362 g/mol. The van der Waals surface area contributed by atoms with Gasteiger partial charge in [-0.05, 0) is 32.3 Å². The maximum absolute atomic E-state index is 6.12. The number of nitrogens with zero attached hydrogens (tertiary/aromatic N) is 1. The molecule has 0 aromatic heterocycles. The number of unbranched alkanes of at least 4 members (excludes halogenated alkanes) is 3. The first-order chi connectivity index (χ1) is 12.6. The molecular formula is C21H35N3O2. The molecule has 1 heterocycles. The van der Waals surface area contributed by atoms with Gasteiger partial charge in [-0.1, -0.05) is 43.9 Å². The van der Waals surface area contributed by atoms with Gasteiger partial charge in [-0.3, -0.25) is 4.99 Å². The summed E-state index contributed by atoms with van der Waals surface area (Å²) in [7, 11) is 1.73. The van der Waals surface area contributed by atoms with Crippen LogP contribution in [0, 0.1) is 6.92 Å². The van der Waals surface area contributed by atoms with Crippen LogP contribution < -0.4 is 15.8 Å². The van der Waals surface area contributed by atoms with Crippen molar-refractivity contribution in [3.05, 3.63) is 29.3 Å². The lowest BCUT2D eigenvalue weighted by atomic mass is 9.73. The highest BCUT2D eigenvalue weighted by Crippen LogP contribution is 2.40. The Morgan fingerprint density at radius 1 is 1.27 bits per heavy atom. The van der Waals surface area contributed by atoms with Gasteiger partial charge >= 0.3 is 0 Å². The second-order valence-corrected chi connectivity index (χ2v) is 7.29. The second kappa shape index (κ2) is 10.4. The molecule has 0 amide bonds. The summed E-state index contributed by atoms with van der Waals surface area (Å²) in [4.78, 5) is 4.69. The van der Waals surface area contributed by atoms with E-state index in [4.69, 9.17) is 20.2 Å². The molecule has 2 rings (SSSR count). The third-order valence-corrected chi connectivity index (χ3v) is 5.26. The summed E-state index contributed by atoms with van der Waals surface area (Å²) in [6, 6.07) is 6.37. The summed E-state index contributed by atoms with van der Waals surface area (Å²) >= 11 is 0. The molecule has 146 valence electrons. The van der Waals surface area contributed by atoms with Crippen molar-refractivity contribution in [3.8, 4) is 5.75 Å². The molecule has 1 aromatic carbocycles. The van der Waals surface area contributed by atoms with Crippen LogP contribution in [0.1, 0.15) is 56.6 Å². The molecule has 1 aromatic rings. The number of nitrogens with one attached hydrogen (secondary N) is 1. The van der Waals surface area contributed by atoms with E-state index in [0.717, 1.165) is 44.8 Å². The summed E-state index contributed by atoms with van der Waals surface area (Å²) < 4.78 is 11.3. The van der Waals surface area contributed by atoms with Crippen molar-refractivity contribution < 1.29 is 9.47 Å². The number of aliphatic imine (C=N–C) groups is 1. The SMILES string of the molecule is CCCCCCNC(N)=NCC1(c2cc(C)ccc2OC)CCOCC1. The summed E-state index contributed by atoms with van der Waals surface area (Å²) in [5, 5.41) is 3.26. The van der Waals surface area contributed by atoms with Gasteiger partial charge in [0.1, 0.15) is 5.75 Å². The number of hydrogen-bond donors (Lipinski definition) is 2. The lowest BCUT2D eigenvalue weighted by molar-refractivity contribution is 0.0522. The number of methoxy groups -OCH3 is 1. The summed E-state index contributed by atoms with van der Waals surface area (Å²) in [6.07, 6.45) is 6.74. The smallest absolute Gasteiger partial charge is 0.188 e. The Kier molecular flexibility index (Phi) is 8.23. The summed E-state index contributed by atoms with van der Waals surface area (Å²) in [5.41, 5.74) is 8.50. The van der Waals surface area contributed by atoms with Crippen LogP contribution in [0.15, 0.2) is 23.2 Å². The largest absolute Gasteiger partial charge is 0.496 e. The highest BCUT2D eigenvalue weighted by Gasteiger charge is 2.37. The van der Waals surface area contributed by atoms with E-state index in [2.05, 4.69) is 37.4 Å². The zero-order chi connectivity index (χ0) is 18.8. The zero-order valence-corrected chi connectivity index (χ0v) is 16.6. The van der Waals surface area contributed by atoms with Crippen LogP contribution in [0.5, 0.6) is 5.75 Å². The Hall–Kier alpha value is -1.75. The van der Waals surface area contributed by atoms with Crippen molar-refractivity contribution in [2.45, 2.75) is 57.8 Å². The fraction of sp³-hybridized carbons (Fsp3) is 0.667. The van der Waals surface area contributed by atoms with Crippen LogP contribution >= 0.6 is 0 Å². The van der Waals surface area contributed by atoms with Gasteiger partial charge in [-0.25, -0.2) is 0 Å². The molecule has 0 atom stereocenters. The molecule has 1 fully saturated rings. The van der Waals surface area contributed by atoms with Gasteiger partial charge in [0.05, 0.1) is 13.7 Å². The van der Waals surface area contributed by atoms with E-state index in [0.29, 0.717) is 12.5 Å². The Labute approximate surface area is 158 Å². The number of hydrogen-bond acceptors (Lipinski definition) is 3. The van der Waals surface area contributed by atoms with E-state index < -0.39 is 0 Å². The van der Waals surface area contributed by atoms with Gasteiger partial charge in [0.15, 0.2) is 5.96 Å². The van der Waals surface area contributed by atoms with Crippen molar-refractivity contribution in [3.63, 3.8) is 0 Å². The molecule has 0 bridgehead atoms. The molecule has 0 radical (unpaired) electrons. The molecule has 3 N–H and O–H groups in total. The van der Waals surface area contributed by atoms with Crippen molar-refractivity contribution in [1.29, 1.82) is 0 Å². The Bertz CT molecular complexity index is 581. The number of aryl methyl sites for hydroxylation is 1. The van der Waals surface area contributed by atoms with Gasteiger partial charge in [-0.15, -0.1) is 0 Å². The van der Waals surface area contributed by atoms with E-state index >= 15 is 0 Å². The highest BCUT2D eigenvalue weighted by atomic mass is 16.5. The van der Waals surface area contributed by atoms with Gasteiger partial charge in [0.25, 0.3) is 0 Å². The molecule has 0 unspecified atom stereocenters. The molecule has 26 heavy (non-hydrogen) atoms. The third kappa shape index (κ3) is 5.63. The van der Waals surface area contributed by atoms with Gasteiger partial charge in [0.2, 0.25) is 0 Å². The van der Waals surface area contributed by atoms with E-state index in [9.17, 15) is 0 Å². The normalized spacial score (nSPS) is 17.1.